The van der Waals surface area contributed by atoms with Crippen LogP contribution in [-0.2, 0) is 23.3 Å². The van der Waals surface area contributed by atoms with Crippen LogP contribution in [0.15, 0.2) is 36.7 Å². The third-order valence-electron chi connectivity index (χ3n) is 5.91. The van der Waals surface area contributed by atoms with Gasteiger partial charge in [-0.1, -0.05) is 0 Å². The molecule has 0 aromatic carbocycles. The van der Waals surface area contributed by atoms with Crippen molar-refractivity contribution in [3.63, 3.8) is 0 Å². The van der Waals surface area contributed by atoms with E-state index in [0.717, 1.165) is 68.1 Å². The number of hydrogen-bond acceptors (Lipinski definition) is 7. The maximum Gasteiger partial charge on any atom is 0.174 e. The normalized spacial score (nSPS) is 18.4. The Kier molecular flexibility index (Phi) is 5.57. The average Bonchev–Trinajstić information content (AvgIpc) is 3.37. The lowest BCUT2D eigenvalue weighted by Crippen LogP contribution is -2.17. The molecule has 5 rings (SSSR count). The van der Waals surface area contributed by atoms with Gasteiger partial charge in [-0.05, 0) is 64.2 Å². The SMILES string of the molecule is CC(C)(O)c1cc(Nc2cc(Oc3c(C4CCCCO4)nn4c3CCC4)ccn2)ccn1. The van der Waals surface area contributed by atoms with Crippen LogP contribution in [-0.4, -0.2) is 31.5 Å². The summed E-state index contributed by atoms with van der Waals surface area (Å²) in [6.07, 6.45) is 8.65. The van der Waals surface area contributed by atoms with Crippen molar-refractivity contribution in [2.75, 3.05) is 11.9 Å². The highest BCUT2D eigenvalue weighted by atomic mass is 16.5. The largest absolute Gasteiger partial charge is 0.453 e. The molecule has 0 amide bonds. The van der Waals surface area contributed by atoms with Gasteiger partial charge >= 0.3 is 0 Å². The van der Waals surface area contributed by atoms with E-state index in [1.165, 1.54) is 0 Å². The highest BCUT2D eigenvalue weighted by molar-refractivity contribution is 5.58. The van der Waals surface area contributed by atoms with Crippen molar-refractivity contribution >= 4 is 11.5 Å². The molecule has 1 unspecified atom stereocenters. The van der Waals surface area contributed by atoms with E-state index < -0.39 is 5.60 Å². The van der Waals surface area contributed by atoms with Crippen LogP contribution in [0.25, 0.3) is 0 Å². The topological polar surface area (TPSA) is 94.3 Å². The minimum Gasteiger partial charge on any atom is -0.453 e. The first-order valence-corrected chi connectivity index (χ1v) is 11.3. The Balaban J connectivity index is 1.39. The van der Waals surface area contributed by atoms with Crippen molar-refractivity contribution in [2.45, 2.75) is 64.2 Å². The summed E-state index contributed by atoms with van der Waals surface area (Å²) in [6.45, 7) is 5.12. The molecule has 0 saturated carbocycles. The zero-order valence-electron chi connectivity index (χ0n) is 18.5. The number of aliphatic hydroxyl groups is 1. The summed E-state index contributed by atoms with van der Waals surface area (Å²) in [7, 11) is 0. The van der Waals surface area contributed by atoms with Gasteiger partial charge in [0.15, 0.2) is 5.75 Å². The molecule has 168 valence electrons. The first-order valence-electron chi connectivity index (χ1n) is 11.3. The summed E-state index contributed by atoms with van der Waals surface area (Å²) < 4.78 is 14.5. The molecule has 8 heteroatoms. The van der Waals surface area contributed by atoms with E-state index in [1.807, 2.05) is 24.3 Å². The van der Waals surface area contributed by atoms with Crippen molar-refractivity contribution in [3.05, 3.63) is 53.7 Å². The van der Waals surface area contributed by atoms with E-state index in [0.29, 0.717) is 17.3 Å². The first-order chi connectivity index (χ1) is 15.5. The maximum atomic E-state index is 10.2. The smallest absolute Gasteiger partial charge is 0.174 e. The lowest BCUT2D eigenvalue weighted by molar-refractivity contribution is 0.0108. The Morgan fingerprint density at radius 2 is 2.03 bits per heavy atom. The molecular weight excluding hydrogens is 406 g/mol. The summed E-state index contributed by atoms with van der Waals surface area (Å²) in [5, 5.41) is 18.4. The second kappa shape index (κ2) is 8.52. The number of aryl methyl sites for hydroxylation is 1. The molecule has 0 bridgehead atoms. The summed E-state index contributed by atoms with van der Waals surface area (Å²) >= 11 is 0. The first kappa shape index (κ1) is 20.9. The predicted molar refractivity (Wildman–Crippen MR) is 120 cm³/mol. The summed E-state index contributed by atoms with van der Waals surface area (Å²) in [4.78, 5) is 8.67. The number of ether oxygens (including phenoxy) is 2. The number of rotatable bonds is 6. The van der Waals surface area contributed by atoms with Gasteiger partial charge < -0.3 is 19.9 Å². The van der Waals surface area contributed by atoms with Gasteiger partial charge in [0.2, 0.25) is 0 Å². The third kappa shape index (κ3) is 4.33. The fourth-order valence-electron chi connectivity index (χ4n) is 4.25. The van der Waals surface area contributed by atoms with Crippen LogP contribution in [0.2, 0.25) is 0 Å². The Hall–Kier alpha value is -2.97. The molecule has 0 spiro atoms. The number of fused-ring (bicyclic) bond motifs is 1. The maximum absolute atomic E-state index is 10.2. The summed E-state index contributed by atoms with van der Waals surface area (Å²) in [5.41, 5.74) is 2.42. The van der Waals surface area contributed by atoms with Gasteiger partial charge in [0, 0.05) is 37.3 Å². The van der Waals surface area contributed by atoms with Crippen LogP contribution < -0.4 is 10.1 Å². The fraction of sp³-hybridized carbons (Fsp3) is 0.458. The molecule has 3 aromatic heterocycles. The van der Waals surface area contributed by atoms with E-state index in [1.54, 1.807) is 26.2 Å². The summed E-state index contributed by atoms with van der Waals surface area (Å²) in [6, 6.07) is 7.38. The molecule has 0 aliphatic carbocycles. The number of hydrogen-bond donors (Lipinski definition) is 2. The van der Waals surface area contributed by atoms with E-state index in [2.05, 4.69) is 20.0 Å². The molecule has 1 fully saturated rings. The van der Waals surface area contributed by atoms with Crippen molar-refractivity contribution in [1.29, 1.82) is 0 Å². The fourth-order valence-corrected chi connectivity index (χ4v) is 4.25. The van der Waals surface area contributed by atoms with Gasteiger partial charge in [0.05, 0.1) is 11.4 Å². The Morgan fingerprint density at radius 3 is 2.84 bits per heavy atom. The quantitative estimate of drug-likeness (QED) is 0.583. The molecule has 1 saturated heterocycles. The van der Waals surface area contributed by atoms with Crippen LogP contribution in [0.3, 0.4) is 0 Å². The number of pyridine rings is 2. The van der Waals surface area contributed by atoms with Crippen LogP contribution >= 0.6 is 0 Å². The second-order valence-corrected chi connectivity index (χ2v) is 8.94. The van der Waals surface area contributed by atoms with E-state index >= 15 is 0 Å². The van der Waals surface area contributed by atoms with Gasteiger partial charge in [0.25, 0.3) is 0 Å². The van der Waals surface area contributed by atoms with Crippen LogP contribution in [0.5, 0.6) is 11.5 Å². The molecule has 1 atom stereocenters. The Morgan fingerprint density at radius 1 is 1.16 bits per heavy atom. The zero-order valence-corrected chi connectivity index (χ0v) is 18.5. The minimum absolute atomic E-state index is 0.00615. The predicted octanol–water partition coefficient (Wildman–Crippen LogP) is 4.62. The number of anilines is 2. The standard InChI is InChI=1S/C24H29N5O3/c1-24(2,30)20-14-16(8-10-25-20)27-21-15-17(9-11-26-21)32-23-18-6-5-12-29(18)28-22(23)19-7-3-4-13-31-19/h8-11,14-15,19,30H,3-7,12-13H2,1-2H3,(H,25,26,27). The van der Waals surface area contributed by atoms with Crippen molar-refractivity contribution in [3.8, 4) is 11.5 Å². The number of aromatic nitrogens is 4. The van der Waals surface area contributed by atoms with Crippen molar-refractivity contribution in [2.24, 2.45) is 0 Å². The van der Waals surface area contributed by atoms with Gasteiger partial charge in [-0.15, -0.1) is 0 Å². The lowest BCUT2D eigenvalue weighted by atomic mass is 10.0. The molecule has 2 aliphatic heterocycles. The van der Waals surface area contributed by atoms with Crippen LogP contribution in [0.1, 0.15) is 62.7 Å². The van der Waals surface area contributed by atoms with Gasteiger partial charge in [-0.25, -0.2) is 4.98 Å². The molecule has 2 aliphatic rings. The number of nitrogens with one attached hydrogen (secondary N) is 1. The second-order valence-electron chi connectivity index (χ2n) is 8.94. The van der Waals surface area contributed by atoms with Crippen molar-refractivity contribution in [1.82, 2.24) is 19.7 Å². The zero-order chi connectivity index (χ0) is 22.1. The van der Waals surface area contributed by atoms with Gasteiger partial charge in [-0.3, -0.25) is 9.67 Å². The third-order valence-corrected chi connectivity index (χ3v) is 5.91. The minimum atomic E-state index is -1.02. The van der Waals surface area contributed by atoms with E-state index in [4.69, 9.17) is 14.6 Å². The van der Waals surface area contributed by atoms with Crippen LogP contribution in [0.4, 0.5) is 11.5 Å². The van der Waals surface area contributed by atoms with Crippen molar-refractivity contribution < 1.29 is 14.6 Å². The lowest BCUT2D eigenvalue weighted by Gasteiger charge is -2.22. The van der Waals surface area contributed by atoms with E-state index in [-0.39, 0.29) is 6.10 Å². The molecule has 2 N–H and O–H groups in total. The molecule has 5 heterocycles. The highest BCUT2D eigenvalue weighted by Gasteiger charge is 2.30. The molecular formula is C24H29N5O3. The summed E-state index contributed by atoms with van der Waals surface area (Å²) in [5.74, 6) is 2.17. The Labute approximate surface area is 187 Å². The molecule has 3 aromatic rings. The van der Waals surface area contributed by atoms with Gasteiger partial charge in [-0.2, -0.15) is 5.10 Å². The van der Waals surface area contributed by atoms with E-state index in [9.17, 15) is 5.11 Å². The van der Waals surface area contributed by atoms with Crippen LogP contribution in [0, 0.1) is 0 Å². The highest BCUT2D eigenvalue weighted by Crippen LogP contribution is 2.40. The Bertz CT molecular complexity index is 1100. The monoisotopic (exact) mass is 435 g/mol. The average molecular weight is 436 g/mol. The molecule has 0 radical (unpaired) electrons. The molecule has 32 heavy (non-hydrogen) atoms. The van der Waals surface area contributed by atoms with Gasteiger partial charge in [0.1, 0.15) is 29.0 Å². The number of nitrogens with zero attached hydrogens (tertiary/aromatic N) is 4. The molecule has 8 nitrogen and oxygen atoms in total.